The van der Waals surface area contributed by atoms with E-state index >= 15 is 0 Å². The number of aliphatic imine (C=N–C) groups is 1. The molecule has 142 valence electrons. The molecule has 5 nitrogen and oxygen atoms in total. The Balaban J connectivity index is 2.45. The molecule has 1 heterocycles. The van der Waals surface area contributed by atoms with E-state index < -0.39 is 0 Å². The van der Waals surface area contributed by atoms with Crippen LogP contribution < -0.4 is 9.47 Å². The van der Waals surface area contributed by atoms with Crippen LogP contribution in [0, 0.1) is 0 Å². The molecular formula is C19H25BrN2O3S. The molecule has 1 amide bonds. The predicted octanol–water partition coefficient (Wildman–Crippen LogP) is 4.95. The monoisotopic (exact) mass is 440 g/mol. The van der Waals surface area contributed by atoms with Gasteiger partial charge in [-0.2, -0.15) is 0 Å². The normalized spacial score (nSPS) is 17.9. The number of benzene rings is 1. The molecule has 0 unspecified atom stereocenters. The molecule has 0 aromatic heterocycles. The van der Waals surface area contributed by atoms with Gasteiger partial charge in [-0.25, -0.2) is 0 Å². The Hall–Kier alpha value is -1.47. The first-order valence-electron chi connectivity index (χ1n) is 8.59. The van der Waals surface area contributed by atoms with Crippen LogP contribution in [0.1, 0.15) is 40.2 Å². The third-order valence-corrected chi connectivity index (χ3v) is 5.28. The van der Waals surface area contributed by atoms with Crippen LogP contribution in [-0.4, -0.2) is 41.8 Å². The van der Waals surface area contributed by atoms with Gasteiger partial charge in [-0.3, -0.25) is 14.7 Å². The zero-order valence-corrected chi connectivity index (χ0v) is 18.4. The number of nitrogens with zero attached hydrogens (tertiary/aromatic N) is 2. The number of hydrogen-bond acceptors (Lipinski definition) is 5. The quantitative estimate of drug-likeness (QED) is 0.587. The summed E-state index contributed by atoms with van der Waals surface area (Å²) in [5.41, 5.74) is 0.857. The maximum absolute atomic E-state index is 12.9. The summed E-state index contributed by atoms with van der Waals surface area (Å²) in [6, 6.07) is 3.91. The number of carbonyl (C=O) groups excluding carboxylic acids is 1. The molecule has 0 bridgehead atoms. The van der Waals surface area contributed by atoms with Gasteiger partial charge in [0.05, 0.1) is 18.6 Å². The Kier molecular flexibility index (Phi) is 7.17. The molecule has 26 heavy (non-hydrogen) atoms. The van der Waals surface area contributed by atoms with Gasteiger partial charge in [0.2, 0.25) is 0 Å². The van der Waals surface area contributed by atoms with Crippen LogP contribution in [0.4, 0.5) is 0 Å². The number of rotatable bonds is 6. The molecule has 1 fully saturated rings. The number of halogens is 1. The number of amides is 1. The van der Waals surface area contributed by atoms with Crippen LogP contribution in [0.5, 0.6) is 11.5 Å². The van der Waals surface area contributed by atoms with Crippen molar-refractivity contribution in [1.82, 2.24) is 4.90 Å². The smallest absolute Gasteiger partial charge is 0.266 e. The van der Waals surface area contributed by atoms with E-state index in [0.29, 0.717) is 23.0 Å². The van der Waals surface area contributed by atoms with Crippen LogP contribution in [-0.2, 0) is 4.79 Å². The second-order valence-electron chi connectivity index (χ2n) is 6.34. The van der Waals surface area contributed by atoms with Crippen molar-refractivity contribution >= 4 is 44.8 Å². The maximum atomic E-state index is 12.9. The highest BCUT2D eigenvalue weighted by Gasteiger charge is 2.35. The van der Waals surface area contributed by atoms with Crippen molar-refractivity contribution in [2.45, 2.75) is 46.7 Å². The van der Waals surface area contributed by atoms with Crippen LogP contribution in [0.3, 0.4) is 0 Å². The highest BCUT2D eigenvalue weighted by Crippen LogP contribution is 2.38. The van der Waals surface area contributed by atoms with Gasteiger partial charge in [-0.05, 0) is 70.2 Å². The van der Waals surface area contributed by atoms with E-state index in [-0.39, 0.29) is 18.0 Å². The molecule has 0 radical (unpaired) electrons. The van der Waals surface area contributed by atoms with Crippen molar-refractivity contribution in [2.24, 2.45) is 4.99 Å². The van der Waals surface area contributed by atoms with E-state index in [9.17, 15) is 4.79 Å². The highest BCUT2D eigenvalue weighted by atomic mass is 79.9. The standard InChI is InChI=1S/C19H25BrN2O3S/c1-7-25-16-10-14(20)13(8-15(16)24-6)9-17-18(23)22(12(4)5)19(26-17)21-11(2)3/h8-12H,7H2,1-6H3/b17-9+,21-19?. The molecule has 0 atom stereocenters. The van der Waals surface area contributed by atoms with Gasteiger partial charge in [-0.1, -0.05) is 15.9 Å². The minimum absolute atomic E-state index is 0.0239. The third kappa shape index (κ3) is 4.62. The van der Waals surface area contributed by atoms with Gasteiger partial charge in [0.15, 0.2) is 16.7 Å². The average Bonchev–Trinajstić information content (AvgIpc) is 2.85. The zero-order valence-electron chi connectivity index (χ0n) is 16.0. The van der Waals surface area contributed by atoms with E-state index in [1.165, 1.54) is 11.8 Å². The lowest BCUT2D eigenvalue weighted by Crippen LogP contribution is -2.35. The SMILES string of the molecule is CCOc1cc(Br)c(/C=C2/SC(=NC(C)C)N(C(C)C)C2=O)cc1OC. The van der Waals surface area contributed by atoms with Crippen LogP contribution in [0.25, 0.3) is 6.08 Å². The first kappa shape index (κ1) is 20.8. The van der Waals surface area contributed by atoms with Gasteiger partial charge in [0, 0.05) is 16.6 Å². The highest BCUT2D eigenvalue weighted by molar-refractivity contribution is 9.10. The lowest BCUT2D eigenvalue weighted by molar-refractivity contribution is -0.123. The Labute approximate surface area is 168 Å². The van der Waals surface area contributed by atoms with Gasteiger partial charge < -0.3 is 9.47 Å². The van der Waals surface area contributed by atoms with E-state index in [1.54, 1.807) is 12.0 Å². The van der Waals surface area contributed by atoms with E-state index in [1.807, 2.05) is 52.8 Å². The lowest BCUT2D eigenvalue weighted by Gasteiger charge is -2.20. The molecule has 0 N–H and O–H groups in total. The van der Waals surface area contributed by atoms with Gasteiger partial charge in [-0.15, -0.1) is 0 Å². The summed E-state index contributed by atoms with van der Waals surface area (Å²) in [7, 11) is 1.60. The Morgan fingerprint density at radius 3 is 2.50 bits per heavy atom. The largest absolute Gasteiger partial charge is 0.493 e. The summed E-state index contributed by atoms with van der Waals surface area (Å²) in [4.78, 5) is 19.9. The summed E-state index contributed by atoms with van der Waals surface area (Å²) in [5, 5.41) is 0.750. The Morgan fingerprint density at radius 2 is 1.96 bits per heavy atom. The second-order valence-corrected chi connectivity index (χ2v) is 8.21. The molecular weight excluding hydrogens is 416 g/mol. The first-order valence-corrected chi connectivity index (χ1v) is 10.2. The second kappa shape index (κ2) is 8.95. The molecule has 7 heteroatoms. The molecule has 0 saturated carbocycles. The third-order valence-electron chi connectivity index (χ3n) is 3.59. The van der Waals surface area contributed by atoms with Crippen LogP contribution >= 0.6 is 27.7 Å². The van der Waals surface area contributed by atoms with Crippen molar-refractivity contribution in [3.63, 3.8) is 0 Å². The molecule has 1 aliphatic heterocycles. The van der Waals surface area contributed by atoms with Crippen molar-refractivity contribution in [2.75, 3.05) is 13.7 Å². The topological polar surface area (TPSA) is 51.1 Å². The van der Waals surface area contributed by atoms with Crippen molar-refractivity contribution < 1.29 is 14.3 Å². The molecule has 0 spiro atoms. The van der Waals surface area contributed by atoms with Gasteiger partial charge in [0.25, 0.3) is 5.91 Å². The van der Waals surface area contributed by atoms with Crippen molar-refractivity contribution in [3.8, 4) is 11.5 Å². The number of thioether (sulfide) groups is 1. The fourth-order valence-corrected chi connectivity index (χ4v) is 4.14. The number of hydrogen-bond donors (Lipinski definition) is 0. The molecule has 0 aliphatic carbocycles. The van der Waals surface area contributed by atoms with E-state index in [4.69, 9.17) is 9.47 Å². The zero-order chi connectivity index (χ0) is 19.4. The fraction of sp³-hybridized carbons (Fsp3) is 0.474. The Bertz CT molecular complexity index is 745. The van der Waals surface area contributed by atoms with Gasteiger partial charge >= 0.3 is 0 Å². The fourth-order valence-electron chi connectivity index (χ4n) is 2.48. The molecule has 1 aromatic carbocycles. The number of carbonyl (C=O) groups is 1. The van der Waals surface area contributed by atoms with Gasteiger partial charge in [0.1, 0.15) is 0 Å². The summed E-state index contributed by atoms with van der Waals surface area (Å²) in [5.74, 6) is 1.28. The maximum Gasteiger partial charge on any atom is 0.266 e. The molecule has 1 aromatic rings. The number of ether oxygens (including phenoxy) is 2. The van der Waals surface area contributed by atoms with Crippen molar-refractivity contribution in [3.05, 3.63) is 27.1 Å². The summed E-state index contributed by atoms with van der Waals surface area (Å²) < 4.78 is 11.8. The minimum Gasteiger partial charge on any atom is -0.493 e. The van der Waals surface area contributed by atoms with Crippen molar-refractivity contribution in [1.29, 1.82) is 0 Å². The van der Waals surface area contributed by atoms with Crippen LogP contribution in [0.2, 0.25) is 0 Å². The van der Waals surface area contributed by atoms with Crippen LogP contribution in [0.15, 0.2) is 26.5 Å². The number of methoxy groups -OCH3 is 1. The van der Waals surface area contributed by atoms with E-state index in [0.717, 1.165) is 15.2 Å². The molecule has 1 saturated heterocycles. The molecule has 1 aliphatic rings. The summed E-state index contributed by atoms with van der Waals surface area (Å²) in [6.45, 7) is 10.5. The molecule has 2 rings (SSSR count). The lowest BCUT2D eigenvalue weighted by atomic mass is 10.1. The summed E-state index contributed by atoms with van der Waals surface area (Å²) >= 11 is 4.97. The average molecular weight is 441 g/mol. The minimum atomic E-state index is -0.0239. The first-order chi connectivity index (χ1) is 12.3. The van der Waals surface area contributed by atoms with E-state index in [2.05, 4.69) is 20.9 Å². The number of amidine groups is 1. The predicted molar refractivity (Wildman–Crippen MR) is 112 cm³/mol. The Morgan fingerprint density at radius 1 is 1.27 bits per heavy atom. The summed E-state index contributed by atoms with van der Waals surface area (Å²) in [6.07, 6.45) is 1.87.